The third-order valence-corrected chi connectivity index (χ3v) is 3.99. The van der Waals surface area contributed by atoms with E-state index >= 15 is 0 Å². The summed E-state index contributed by atoms with van der Waals surface area (Å²) in [4.78, 5) is 33.3. The van der Waals surface area contributed by atoms with Crippen LogP contribution in [0.1, 0.15) is 11.3 Å². The summed E-state index contributed by atoms with van der Waals surface area (Å²) >= 11 is 11.9. The lowest BCUT2D eigenvalue weighted by atomic mass is 10.1. The van der Waals surface area contributed by atoms with Gasteiger partial charge >= 0.3 is 0 Å². The van der Waals surface area contributed by atoms with Gasteiger partial charge in [-0.25, -0.2) is 4.98 Å². The molecule has 0 unspecified atom stereocenters. The molecule has 0 atom stereocenters. The molecule has 8 nitrogen and oxygen atoms in total. The van der Waals surface area contributed by atoms with E-state index in [1.807, 2.05) is 0 Å². The van der Waals surface area contributed by atoms with E-state index in [0.717, 1.165) is 5.56 Å². The van der Waals surface area contributed by atoms with Crippen molar-refractivity contribution in [2.45, 2.75) is 6.54 Å². The van der Waals surface area contributed by atoms with Gasteiger partial charge in [0.05, 0.1) is 29.8 Å². The summed E-state index contributed by atoms with van der Waals surface area (Å²) < 4.78 is 4.98. The predicted octanol–water partition coefficient (Wildman–Crippen LogP) is 1.40. The van der Waals surface area contributed by atoms with Crippen molar-refractivity contribution < 1.29 is 9.53 Å². The van der Waals surface area contributed by atoms with Gasteiger partial charge in [-0.15, -0.1) is 0 Å². The number of nitrogen functional groups attached to an aromatic ring is 1. The molecule has 11 heteroatoms. The maximum absolute atomic E-state index is 11.9. The molecular formula is C16H16BCl2N5O3. The molecule has 0 amide bonds. The quantitative estimate of drug-likeness (QED) is 0.328. The van der Waals surface area contributed by atoms with Crippen molar-refractivity contribution in [3.63, 3.8) is 0 Å². The Morgan fingerprint density at radius 2 is 2.19 bits per heavy atom. The van der Waals surface area contributed by atoms with Gasteiger partial charge in [0.2, 0.25) is 5.95 Å². The number of ether oxygens (including phenoxy) is 1. The topological polar surface area (TPSA) is 122 Å². The molecule has 0 aliphatic rings. The summed E-state index contributed by atoms with van der Waals surface area (Å²) in [5.41, 5.74) is 5.68. The van der Waals surface area contributed by atoms with Gasteiger partial charge in [-0.3, -0.25) is 14.8 Å². The molecule has 1 aromatic heterocycles. The van der Waals surface area contributed by atoms with Crippen molar-refractivity contribution in [3.8, 4) is 0 Å². The van der Waals surface area contributed by atoms with Gasteiger partial charge in [-0.1, -0.05) is 29.3 Å². The highest BCUT2D eigenvalue weighted by molar-refractivity contribution is 6.58. The number of aromatic nitrogens is 2. The zero-order chi connectivity index (χ0) is 19.8. The van der Waals surface area contributed by atoms with Crippen LogP contribution in [0.2, 0.25) is 10.0 Å². The molecule has 4 N–H and O–H groups in total. The molecule has 1 heterocycles. The maximum Gasteiger partial charge on any atom is 0.276 e. The molecule has 2 rings (SSSR count). The van der Waals surface area contributed by atoms with Crippen molar-refractivity contribution in [2.75, 3.05) is 30.8 Å². The van der Waals surface area contributed by atoms with Crippen LogP contribution in [-0.2, 0) is 16.1 Å². The monoisotopic (exact) mass is 407 g/mol. The Hall–Kier alpha value is -2.36. The van der Waals surface area contributed by atoms with E-state index in [1.165, 1.54) is 6.21 Å². The number of aromatic amines is 1. The number of nitrogens with zero attached hydrogens (tertiary/aromatic N) is 2. The van der Waals surface area contributed by atoms with Crippen molar-refractivity contribution in [2.24, 2.45) is 4.99 Å². The molecule has 0 saturated heterocycles. The van der Waals surface area contributed by atoms with Gasteiger partial charge < -0.3 is 20.6 Å². The van der Waals surface area contributed by atoms with Crippen LogP contribution in [0.4, 0.5) is 11.6 Å². The van der Waals surface area contributed by atoms with Gasteiger partial charge in [-0.05, 0) is 17.7 Å². The smallest absolute Gasteiger partial charge is 0.276 e. The molecule has 140 valence electrons. The standard InChI is InChI=1S/C16H16BCl2N5O3/c17-13(25)8-27-4-3-21-7-12-14(20)15(26)24-16(23-12)22-6-9-1-2-10(18)11(19)5-9/h1-2,5,7H,3-4,6,8,20H2,(H2,22,23,24,26). The molecule has 27 heavy (non-hydrogen) atoms. The SMILES string of the molecule is [B]C(=O)COCCN=Cc1nc(NCc2ccc(Cl)c(Cl)c2)[nH]c(=O)c1N. The number of carbonyl (C=O) groups excluding carboxylic acids is 1. The van der Waals surface area contributed by atoms with Gasteiger partial charge in [0.1, 0.15) is 17.1 Å². The van der Waals surface area contributed by atoms with Gasteiger partial charge in [0.15, 0.2) is 7.85 Å². The molecule has 1 aromatic carbocycles. The van der Waals surface area contributed by atoms with Crippen LogP contribution in [0.5, 0.6) is 0 Å². The summed E-state index contributed by atoms with van der Waals surface area (Å²) in [5.74, 6) is 0.228. The van der Waals surface area contributed by atoms with Crippen LogP contribution in [-0.4, -0.2) is 49.5 Å². The lowest BCUT2D eigenvalue weighted by Crippen LogP contribution is -2.19. The number of nitrogens with one attached hydrogen (secondary N) is 2. The average molecular weight is 408 g/mol. The second kappa shape index (κ2) is 10.1. The summed E-state index contributed by atoms with van der Waals surface area (Å²) in [6.45, 7) is 0.642. The summed E-state index contributed by atoms with van der Waals surface area (Å²) in [7, 11) is 4.95. The zero-order valence-electron chi connectivity index (χ0n) is 14.2. The van der Waals surface area contributed by atoms with Crippen LogP contribution in [0.25, 0.3) is 0 Å². The number of halogens is 2. The van der Waals surface area contributed by atoms with Gasteiger partial charge in [0, 0.05) is 12.8 Å². The molecular weight excluding hydrogens is 392 g/mol. The third kappa shape index (κ3) is 6.71. The minimum Gasteiger partial charge on any atom is -0.392 e. The van der Waals surface area contributed by atoms with Crippen molar-refractivity contribution in [1.29, 1.82) is 0 Å². The molecule has 2 aromatic rings. The van der Waals surface area contributed by atoms with Gasteiger partial charge in [0.25, 0.3) is 5.56 Å². The Morgan fingerprint density at radius 1 is 1.41 bits per heavy atom. The average Bonchev–Trinajstić information content (AvgIpc) is 2.62. The number of hydrogen-bond donors (Lipinski definition) is 3. The molecule has 2 radical (unpaired) electrons. The van der Waals surface area contributed by atoms with E-state index < -0.39 is 11.2 Å². The van der Waals surface area contributed by atoms with E-state index in [9.17, 15) is 9.59 Å². The highest BCUT2D eigenvalue weighted by Crippen LogP contribution is 2.22. The minimum atomic E-state index is -0.558. The normalized spacial score (nSPS) is 11.0. The third-order valence-electron chi connectivity index (χ3n) is 3.25. The van der Waals surface area contributed by atoms with Gasteiger partial charge in [-0.2, -0.15) is 0 Å². The first-order valence-corrected chi connectivity index (χ1v) is 8.56. The van der Waals surface area contributed by atoms with Crippen LogP contribution >= 0.6 is 23.2 Å². The molecule has 0 fully saturated rings. The Kier molecular flexibility index (Phi) is 7.84. The second-order valence-corrected chi connectivity index (χ2v) is 6.18. The molecule has 0 spiro atoms. The van der Waals surface area contributed by atoms with Crippen LogP contribution < -0.4 is 16.6 Å². The number of benzene rings is 1. The van der Waals surface area contributed by atoms with Crippen LogP contribution in [0, 0.1) is 0 Å². The maximum atomic E-state index is 11.9. The lowest BCUT2D eigenvalue weighted by Gasteiger charge is -2.08. The van der Waals surface area contributed by atoms with E-state index in [0.29, 0.717) is 16.6 Å². The highest BCUT2D eigenvalue weighted by Gasteiger charge is 2.07. The van der Waals surface area contributed by atoms with E-state index in [4.69, 9.17) is 41.5 Å². The van der Waals surface area contributed by atoms with E-state index in [-0.39, 0.29) is 37.1 Å². The number of H-pyrrole nitrogens is 1. The fraction of sp³-hybridized carbons (Fsp3) is 0.250. The number of aliphatic imine (C=N–C) groups is 1. The lowest BCUT2D eigenvalue weighted by molar-refractivity contribution is -0.115. The predicted molar refractivity (Wildman–Crippen MR) is 107 cm³/mol. The first-order chi connectivity index (χ1) is 12.9. The number of carbonyl (C=O) groups is 1. The first kappa shape index (κ1) is 21.0. The first-order valence-electron chi connectivity index (χ1n) is 7.80. The number of anilines is 2. The molecule has 0 aliphatic heterocycles. The summed E-state index contributed by atoms with van der Waals surface area (Å²) in [5, 5.41) is 3.87. The second-order valence-electron chi connectivity index (χ2n) is 5.37. The van der Waals surface area contributed by atoms with Crippen molar-refractivity contribution >= 4 is 54.6 Å². The van der Waals surface area contributed by atoms with Crippen molar-refractivity contribution in [3.05, 3.63) is 49.9 Å². The van der Waals surface area contributed by atoms with E-state index in [2.05, 4.69) is 20.3 Å². The molecule has 0 bridgehead atoms. The summed E-state index contributed by atoms with van der Waals surface area (Å²) in [6, 6.07) is 5.18. The fourth-order valence-electron chi connectivity index (χ4n) is 1.96. The molecule has 0 saturated carbocycles. The Bertz CT molecular complexity index is 904. The Morgan fingerprint density at radius 3 is 2.89 bits per heavy atom. The number of hydrogen-bond acceptors (Lipinski definition) is 7. The highest BCUT2D eigenvalue weighted by atomic mass is 35.5. The summed E-state index contributed by atoms with van der Waals surface area (Å²) in [6.07, 6.45) is 1.36. The molecule has 0 aliphatic carbocycles. The fourth-order valence-corrected chi connectivity index (χ4v) is 2.28. The minimum absolute atomic E-state index is 0.0584. The zero-order valence-corrected chi connectivity index (χ0v) is 15.7. The van der Waals surface area contributed by atoms with E-state index in [1.54, 1.807) is 18.2 Å². The van der Waals surface area contributed by atoms with Crippen molar-refractivity contribution in [1.82, 2.24) is 9.97 Å². The Balaban J connectivity index is 2.00. The number of nitrogens with two attached hydrogens (primary N) is 1. The number of rotatable bonds is 9. The van der Waals surface area contributed by atoms with Crippen LogP contribution in [0.15, 0.2) is 28.0 Å². The largest absolute Gasteiger partial charge is 0.392 e. The Labute approximate surface area is 166 Å². The van der Waals surface area contributed by atoms with Crippen LogP contribution in [0.3, 0.4) is 0 Å².